The molecule has 0 atom stereocenters. The van der Waals surface area contributed by atoms with E-state index in [9.17, 15) is 0 Å². The second-order valence-electron chi connectivity index (χ2n) is 13.5. The molecule has 7 heteroatoms. The summed E-state index contributed by atoms with van der Waals surface area (Å²) in [6.45, 7) is -0.106. The number of hydrogen-bond donors (Lipinski definition) is 0. The quantitative estimate of drug-likeness (QED) is 0.130. The Morgan fingerprint density at radius 3 is 2.37 bits per heavy atom. The van der Waals surface area contributed by atoms with Crippen LogP contribution in [0.15, 0.2) is 132 Å². The van der Waals surface area contributed by atoms with Gasteiger partial charge in [-0.2, -0.15) is 0 Å². The van der Waals surface area contributed by atoms with Gasteiger partial charge in [-0.15, -0.1) is 18.2 Å². The number of aryl methyl sites for hydroxylation is 2. The fourth-order valence-electron chi connectivity index (χ4n) is 6.23. The van der Waals surface area contributed by atoms with E-state index in [1.165, 1.54) is 21.2 Å². The molecule has 0 unspecified atom stereocenters. The maximum absolute atomic E-state index is 7.35. The first-order valence-corrected chi connectivity index (χ1v) is 24.0. The Balaban J connectivity index is 0.000000186. The van der Waals surface area contributed by atoms with Crippen LogP contribution >= 0.6 is 0 Å². The zero-order valence-electron chi connectivity index (χ0n) is 31.7. The summed E-state index contributed by atoms with van der Waals surface area (Å²) in [7, 11) is 0. The number of para-hydroxylation sites is 2. The molecule has 4 aromatic heterocycles. The van der Waals surface area contributed by atoms with E-state index in [1.54, 1.807) is 12.1 Å². The van der Waals surface area contributed by atoms with Crippen molar-refractivity contribution in [2.45, 2.75) is 31.0 Å². The number of nitrogens with zero attached hydrogens (tertiary/aromatic N) is 4. The van der Waals surface area contributed by atoms with Crippen LogP contribution in [0.4, 0.5) is 0 Å². The summed E-state index contributed by atoms with van der Waals surface area (Å²) in [6.07, 6.45) is 1.95. The molecule has 1 radical (unpaired) electrons. The molecule has 0 saturated heterocycles. The van der Waals surface area contributed by atoms with E-state index in [0.717, 1.165) is 61.4 Å². The van der Waals surface area contributed by atoms with Crippen LogP contribution in [0.5, 0.6) is 0 Å². The van der Waals surface area contributed by atoms with Crippen LogP contribution in [0, 0.1) is 25.9 Å². The van der Waals surface area contributed by atoms with E-state index in [2.05, 4.69) is 105 Å². The summed E-state index contributed by atoms with van der Waals surface area (Å²) < 4.78 is 31.9. The van der Waals surface area contributed by atoms with Gasteiger partial charge in [-0.25, -0.2) is 4.98 Å². The molecule has 51 heavy (non-hydrogen) atoms. The summed E-state index contributed by atoms with van der Waals surface area (Å²) in [5, 5.41) is 4.41. The number of rotatable bonds is 4. The predicted octanol–water partition coefficient (Wildman–Crippen LogP) is 10.6. The molecular formula is C44H36GeIrN4O-2. The van der Waals surface area contributed by atoms with Gasteiger partial charge in [0.1, 0.15) is 0 Å². The second kappa shape index (κ2) is 14.0. The van der Waals surface area contributed by atoms with Crippen LogP contribution in [0.3, 0.4) is 0 Å². The molecule has 0 N–H and O–H groups in total. The van der Waals surface area contributed by atoms with Gasteiger partial charge in [-0.05, 0) is 54.1 Å². The van der Waals surface area contributed by atoms with E-state index in [1.807, 2.05) is 55.6 Å². The minimum atomic E-state index is -2.08. The van der Waals surface area contributed by atoms with E-state index >= 15 is 0 Å². The van der Waals surface area contributed by atoms with E-state index in [-0.39, 0.29) is 20.1 Å². The van der Waals surface area contributed by atoms with Crippen molar-refractivity contribution in [2.75, 3.05) is 0 Å². The Bertz CT molecular complexity index is 2710. The first-order chi connectivity index (χ1) is 25.4. The third-order valence-corrected chi connectivity index (χ3v) is 13.2. The van der Waals surface area contributed by atoms with Crippen molar-refractivity contribution in [3.63, 3.8) is 0 Å². The monoisotopic (exact) mass is 906 g/mol. The predicted molar refractivity (Wildman–Crippen MR) is 209 cm³/mol. The number of benzene rings is 5. The number of aromatic nitrogens is 4. The van der Waals surface area contributed by atoms with E-state index < -0.39 is 20.1 Å². The molecule has 5 aromatic carbocycles. The number of furan rings is 1. The number of imidazole rings is 1. The van der Waals surface area contributed by atoms with Gasteiger partial charge in [0, 0.05) is 36.9 Å². The van der Waals surface area contributed by atoms with Gasteiger partial charge < -0.3 is 8.98 Å². The van der Waals surface area contributed by atoms with Crippen molar-refractivity contribution in [1.29, 1.82) is 0 Å². The SMILES string of the molecule is Cc1ccc2c(n1)oc1c(-c3nc4ccccc4n3-c3ccc4ccccc4c3)[c-]ccc12.[2H]C([2H])([2H])c1c[c-]c(-c2cc[c]([Ge]([CH3])([CH3])[CH3])cn2)cc1.[Ir]. The Kier molecular flexibility index (Phi) is 8.50. The van der Waals surface area contributed by atoms with Crippen LogP contribution in [-0.2, 0) is 20.1 Å². The maximum Gasteiger partial charge on any atom is 0 e. The van der Waals surface area contributed by atoms with Gasteiger partial charge in [-0.3, -0.25) is 4.98 Å². The van der Waals surface area contributed by atoms with Crippen molar-refractivity contribution in [3.05, 3.63) is 151 Å². The van der Waals surface area contributed by atoms with E-state index in [4.69, 9.17) is 13.5 Å². The Morgan fingerprint density at radius 1 is 0.784 bits per heavy atom. The molecule has 0 aliphatic rings. The number of fused-ring (bicyclic) bond motifs is 5. The van der Waals surface area contributed by atoms with Crippen LogP contribution in [0.25, 0.3) is 72.2 Å². The Labute approximate surface area is 318 Å². The fourth-order valence-corrected chi connectivity index (χ4v) is 8.40. The third-order valence-electron chi connectivity index (χ3n) is 8.93. The summed E-state index contributed by atoms with van der Waals surface area (Å²) in [5.74, 6) is 7.78. The molecule has 5 nitrogen and oxygen atoms in total. The molecule has 0 aliphatic heterocycles. The molecule has 0 aliphatic carbocycles. The van der Waals surface area contributed by atoms with Gasteiger partial charge in [-0.1, -0.05) is 53.4 Å². The van der Waals surface area contributed by atoms with Crippen molar-refractivity contribution < 1.29 is 28.6 Å². The number of hydrogen-bond acceptors (Lipinski definition) is 4. The van der Waals surface area contributed by atoms with Gasteiger partial charge in [0.05, 0.1) is 22.4 Å². The molecule has 4 heterocycles. The third kappa shape index (κ3) is 6.80. The molecule has 0 saturated carbocycles. The molecule has 0 amide bonds. The standard InChI is InChI=1S/C29H18N3O.C15H18GeN.Ir/c1-18-13-16-23-22-9-6-10-24(27(22)33-29(23)30-18)28-31-25-11-4-5-12-26(25)32(28)21-15-14-19-7-2-3-8-20(19)17-21;1-12-5-7-13(8-6-12)15-10-9-14(11-17-15)16(2,3)4;/h2-9,11-17H,1H3;5-7,9-11H,1-4H3;/q2*-1;/i;1D3;. The smallest absolute Gasteiger partial charge is 0 e. The summed E-state index contributed by atoms with van der Waals surface area (Å²) in [5.41, 5.74) is 8.12. The Hall–Kier alpha value is -4.88. The average molecular weight is 905 g/mol. The zero-order valence-corrected chi connectivity index (χ0v) is 33.1. The summed E-state index contributed by atoms with van der Waals surface area (Å²) in [4.78, 5) is 14.1. The van der Waals surface area contributed by atoms with Gasteiger partial charge in [0.2, 0.25) is 5.71 Å². The van der Waals surface area contributed by atoms with Crippen LogP contribution in [-0.4, -0.2) is 32.8 Å². The molecule has 253 valence electrons. The van der Waals surface area contributed by atoms with Crippen molar-refractivity contribution in [2.24, 2.45) is 0 Å². The van der Waals surface area contributed by atoms with Crippen LogP contribution < -0.4 is 4.40 Å². The van der Waals surface area contributed by atoms with Gasteiger partial charge in [0.15, 0.2) is 0 Å². The molecule has 0 bridgehead atoms. The molecule has 0 fully saturated rings. The first kappa shape index (κ1) is 30.9. The first-order valence-electron chi connectivity index (χ1n) is 18.1. The molecule has 0 spiro atoms. The fraction of sp³-hybridized carbons (Fsp3) is 0.114. The minimum absolute atomic E-state index is 0. The minimum Gasteiger partial charge on any atom is 0 e. The summed E-state index contributed by atoms with van der Waals surface area (Å²) in [6, 6.07) is 46.6. The second-order valence-corrected chi connectivity index (χ2v) is 24.1. The van der Waals surface area contributed by atoms with Crippen LogP contribution in [0.2, 0.25) is 17.3 Å². The molecule has 9 rings (SSSR count). The van der Waals surface area contributed by atoms with Gasteiger partial charge >= 0.3 is 110 Å². The summed E-state index contributed by atoms with van der Waals surface area (Å²) >= 11 is -1.83. The molecule has 9 aromatic rings. The van der Waals surface area contributed by atoms with Crippen molar-refractivity contribution >= 4 is 61.5 Å². The van der Waals surface area contributed by atoms with Gasteiger partial charge in [0.25, 0.3) is 0 Å². The largest absolute Gasteiger partial charge is 0 e. The topological polar surface area (TPSA) is 56.7 Å². The van der Waals surface area contributed by atoms with Crippen molar-refractivity contribution in [1.82, 2.24) is 19.5 Å². The molecular weight excluding hydrogens is 865 g/mol. The number of pyridine rings is 2. The normalized spacial score (nSPS) is 12.6. The maximum atomic E-state index is 7.35. The Morgan fingerprint density at radius 2 is 1.61 bits per heavy atom. The average Bonchev–Trinajstić information content (AvgIpc) is 3.72. The zero-order chi connectivity index (χ0) is 36.9. The van der Waals surface area contributed by atoms with Crippen LogP contribution in [0.1, 0.15) is 15.4 Å². The van der Waals surface area contributed by atoms with Crippen molar-refractivity contribution in [3.8, 4) is 28.3 Å². The van der Waals surface area contributed by atoms with E-state index in [0.29, 0.717) is 11.3 Å².